The van der Waals surface area contributed by atoms with Gasteiger partial charge in [-0.05, 0) is 43.0 Å². The molecule has 0 amide bonds. The van der Waals surface area contributed by atoms with E-state index < -0.39 is 0 Å². The van der Waals surface area contributed by atoms with Crippen molar-refractivity contribution in [1.82, 2.24) is 10.2 Å². The van der Waals surface area contributed by atoms with Crippen LogP contribution >= 0.6 is 39.9 Å². The van der Waals surface area contributed by atoms with Gasteiger partial charge in [-0.15, -0.1) is 24.0 Å². The van der Waals surface area contributed by atoms with E-state index in [0.29, 0.717) is 5.41 Å². The molecule has 2 aliphatic heterocycles. The molecule has 0 aliphatic carbocycles. The largest absolute Gasteiger partial charge is 0.381 e. The summed E-state index contributed by atoms with van der Waals surface area (Å²) in [6, 6.07) is 6.41. The Kier molecular flexibility index (Phi) is 6.74. The van der Waals surface area contributed by atoms with Crippen LogP contribution in [0.4, 0.5) is 0 Å². The van der Waals surface area contributed by atoms with Crippen LogP contribution in [0.1, 0.15) is 24.0 Å². The first-order valence-corrected chi connectivity index (χ1v) is 8.70. The van der Waals surface area contributed by atoms with E-state index in [-0.39, 0.29) is 24.0 Å². The minimum atomic E-state index is 0. The fourth-order valence-corrected chi connectivity index (χ4v) is 3.93. The van der Waals surface area contributed by atoms with Crippen molar-refractivity contribution < 1.29 is 4.74 Å². The number of rotatable bonds is 2. The monoisotopic (exact) mass is 493 g/mol. The van der Waals surface area contributed by atoms with Crippen LogP contribution in [0.15, 0.2) is 27.7 Å². The number of ether oxygens (including phenoxy) is 1. The van der Waals surface area contributed by atoms with Gasteiger partial charge < -0.3 is 15.0 Å². The first-order valence-electron chi connectivity index (χ1n) is 7.90. The minimum Gasteiger partial charge on any atom is -0.381 e. The highest BCUT2D eigenvalue weighted by atomic mass is 127. The molecule has 3 rings (SSSR count). The number of hydrogen-bond acceptors (Lipinski definition) is 2. The molecule has 0 saturated carbocycles. The summed E-state index contributed by atoms with van der Waals surface area (Å²) < 4.78 is 6.73. The standard InChI is InChI=1S/C17H24BrN3O.HI/c1-13-9-15(18)4-3-14(13)10-20-16(19-2)21-7-5-17(11-21)6-8-22-12-17;/h3-4,9H,5-8,10-12H2,1-2H3,(H,19,20);1H. The summed E-state index contributed by atoms with van der Waals surface area (Å²) in [4.78, 5) is 6.85. The van der Waals surface area contributed by atoms with Crippen LogP contribution in [0.3, 0.4) is 0 Å². The van der Waals surface area contributed by atoms with Gasteiger partial charge in [-0.2, -0.15) is 0 Å². The van der Waals surface area contributed by atoms with Crippen molar-refractivity contribution in [2.24, 2.45) is 10.4 Å². The molecule has 2 aliphatic rings. The molecular weight excluding hydrogens is 469 g/mol. The molecule has 1 aromatic rings. The Balaban J connectivity index is 0.00000192. The predicted octanol–water partition coefficient (Wildman–Crippen LogP) is 3.56. The highest BCUT2D eigenvalue weighted by molar-refractivity contribution is 14.0. The molecule has 128 valence electrons. The third kappa shape index (κ3) is 4.39. The number of likely N-dealkylation sites (tertiary alicyclic amines) is 1. The van der Waals surface area contributed by atoms with Crippen molar-refractivity contribution in [3.8, 4) is 0 Å². The zero-order valence-corrected chi connectivity index (χ0v) is 17.7. The lowest BCUT2D eigenvalue weighted by Gasteiger charge is -2.25. The number of benzene rings is 1. The van der Waals surface area contributed by atoms with Gasteiger partial charge in [0.05, 0.1) is 6.61 Å². The molecule has 0 aromatic heterocycles. The Morgan fingerprint density at radius 1 is 1.43 bits per heavy atom. The Bertz CT molecular complexity index is 573. The maximum atomic E-state index is 5.61. The van der Waals surface area contributed by atoms with Crippen LogP contribution in [0.2, 0.25) is 0 Å². The molecular formula is C17H25BrIN3O. The SMILES string of the molecule is CN=C(NCc1ccc(Br)cc1C)N1CCC2(CCOC2)C1.I. The van der Waals surface area contributed by atoms with E-state index in [1.54, 1.807) is 0 Å². The lowest BCUT2D eigenvalue weighted by Crippen LogP contribution is -2.41. The van der Waals surface area contributed by atoms with Gasteiger partial charge in [0, 0.05) is 43.2 Å². The van der Waals surface area contributed by atoms with Crippen LogP contribution in [0.25, 0.3) is 0 Å². The number of halogens is 2. The first-order chi connectivity index (χ1) is 10.6. The fraction of sp³-hybridized carbons (Fsp3) is 0.588. The van der Waals surface area contributed by atoms with E-state index in [1.807, 2.05) is 7.05 Å². The molecule has 1 N–H and O–H groups in total. The van der Waals surface area contributed by atoms with Crippen LogP contribution < -0.4 is 5.32 Å². The molecule has 6 heteroatoms. The van der Waals surface area contributed by atoms with Gasteiger partial charge in [0.1, 0.15) is 0 Å². The number of guanidine groups is 1. The molecule has 1 aromatic carbocycles. The van der Waals surface area contributed by atoms with Gasteiger partial charge in [-0.1, -0.05) is 22.0 Å². The van der Waals surface area contributed by atoms with Crippen LogP contribution in [0, 0.1) is 12.3 Å². The summed E-state index contributed by atoms with van der Waals surface area (Å²) in [5.74, 6) is 1.01. The second-order valence-corrected chi connectivity index (χ2v) is 7.36. The molecule has 2 fully saturated rings. The minimum absolute atomic E-state index is 0. The van der Waals surface area contributed by atoms with Gasteiger partial charge in [0.25, 0.3) is 0 Å². The Hall–Kier alpha value is -0.340. The molecule has 1 atom stereocenters. The molecule has 1 spiro atoms. The second kappa shape index (κ2) is 8.16. The maximum absolute atomic E-state index is 5.61. The van der Waals surface area contributed by atoms with Crippen LogP contribution in [-0.4, -0.2) is 44.2 Å². The topological polar surface area (TPSA) is 36.9 Å². The van der Waals surface area contributed by atoms with Crippen molar-refractivity contribution in [2.45, 2.75) is 26.3 Å². The number of nitrogens with one attached hydrogen (secondary N) is 1. The summed E-state index contributed by atoms with van der Waals surface area (Å²) in [6.07, 6.45) is 2.40. The second-order valence-electron chi connectivity index (χ2n) is 6.45. The lowest BCUT2D eigenvalue weighted by atomic mass is 9.87. The quantitative estimate of drug-likeness (QED) is 0.389. The summed E-state index contributed by atoms with van der Waals surface area (Å²) in [7, 11) is 1.87. The number of aryl methyl sites for hydroxylation is 1. The predicted molar refractivity (Wildman–Crippen MR) is 109 cm³/mol. The van der Waals surface area contributed by atoms with Gasteiger partial charge >= 0.3 is 0 Å². The third-order valence-corrected chi connectivity index (χ3v) is 5.37. The van der Waals surface area contributed by atoms with Gasteiger partial charge in [0.2, 0.25) is 0 Å². The molecule has 4 nitrogen and oxygen atoms in total. The van der Waals surface area contributed by atoms with E-state index in [2.05, 4.69) is 56.3 Å². The average Bonchev–Trinajstić information content (AvgIpc) is 3.13. The summed E-state index contributed by atoms with van der Waals surface area (Å²) >= 11 is 3.51. The Morgan fingerprint density at radius 3 is 2.91 bits per heavy atom. The third-order valence-electron chi connectivity index (χ3n) is 4.88. The summed E-state index contributed by atoms with van der Waals surface area (Å²) in [5, 5.41) is 3.51. The zero-order valence-electron chi connectivity index (χ0n) is 13.8. The molecule has 2 saturated heterocycles. The van der Waals surface area contributed by atoms with Crippen molar-refractivity contribution >= 4 is 45.9 Å². The summed E-state index contributed by atoms with van der Waals surface area (Å²) in [6.45, 7) is 6.91. The Labute approximate surface area is 164 Å². The number of nitrogens with zero attached hydrogens (tertiary/aromatic N) is 2. The van der Waals surface area contributed by atoms with Gasteiger partial charge in [-0.3, -0.25) is 4.99 Å². The van der Waals surface area contributed by atoms with Gasteiger partial charge in [0.15, 0.2) is 5.96 Å². The molecule has 2 heterocycles. The van der Waals surface area contributed by atoms with Crippen molar-refractivity contribution in [3.05, 3.63) is 33.8 Å². The van der Waals surface area contributed by atoms with E-state index in [4.69, 9.17) is 4.74 Å². The highest BCUT2D eigenvalue weighted by Crippen LogP contribution is 2.38. The highest BCUT2D eigenvalue weighted by Gasteiger charge is 2.42. The lowest BCUT2D eigenvalue weighted by molar-refractivity contribution is 0.156. The van der Waals surface area contributed by atoms with Crippen molar-refractivity contribution in [3.63, 3.8) is 0 Å². The first kappa shape index (κ1) is 19.0. The zero-order chi connectivity index (χ0) is 15.6. The molecule has 23 heavy (non-hydrogen) atoms. The van der Waals surface area contributed by atoms with Crippen LogP contribution in [0.5, 0.6) is 0 Å². The molecule has 0 bridgehead atoms. The number of aliphatic imine (C=N–C) groups is 1. The number of hydrogen-bond donors (Lipinski definition) is 1. The van der Waals surface area contributed by atoms with Crippen molar-refractivity contribution in [2.75, 3.05) is 33.4 Å². The molecule has 0 radical (unpaired) electrons. The van der Waals surface area contributed by atoms with Gasteiger partial charge in [-0.25, -0.2) is 0 Å². The normalized spacial score (nSPS) is 24.1. The fourth-order valence-electron chi connectivity index (χ4n) is 3.45. The van der Waals surface area contributed by atoms with E-state index in [1.165, 1.54) is 24.0 Å². The van der Waals surface area contributed by atoms with E-state index in [0.717, 1.165) is 43.3 Å². The van der Waals surface area contributed by atoms with E-state index in [9.17, 15) is 0 Å². The maximum Gasteiger partial charge on any atom is 0.193 e. The van der Waals surface area contributed by atoms with E-state index >= 15 is 0 Å². The van der Waals surface area contributed by atoms with Crippen molar-refractivity contribution in [1.29, 1.82) is 0 Å². The average molecular weight is 494 g/mol. The van der Waals surface area contributed by atoms with Crippen LogP contribution in [-0.2, 0) is 11.3 Å². The molecule has 1 unspecified atom stereocenters. The smallest absolute Gasteiger partial charge is 0.193 e. The Morgan fingerprint density at radius 2 is 2.26 bits per heavy atom. The summed E-state index contributed by atoms with van der Waals surface area (Å²) in [5.41, 5.74) is 2.97.